The fourth-order valence-corrected chi connectivity index (χ4v) is 1.96. The highest BCUT2D eigenvalue weighted by atomic mass is 16.7. The molecule has 3 nitrogen and oxygen atoms in total. The summed E-state index contributed by atoms with van der Waals surface area (Å²) in [7, 11) is 0. The molecule has 1 aliphatic heterocycles. The summed E-state index contributed by atoms with van der Waals surface area (Å²) < 4.78 is 16.8. The van der Waals surface area contributed by atoms with Crippen LogP contribution < -0.4 is 0 Å². The monoisotopic (exact) mass is 234 g/mol. The molecule has 92 valence electrons. The Morgan fingerprint density at radius 2 is 2.29 bits per heavy atom. The van der Waals surface area contributed by atoms with Gasteiger partial charge in [0.05, 0.1) is 19.3 Å². The van der Waals surface area contributed by atoms with Gasteiger partial charge in [-0.1, -0.05) is 24.5 Å². The maximum Gasteiger partial charge on any atom is 0.188 e. The maximum absolute atomic E-state index is 5.62. The van der Waals surface area contributed by atoms with E-state index in [0.29, 0.717) is 19.8 Å². The van der Waals surface area contributed by atoms with Crippen LogP contribution in [0.25, 0.3) is 0 Å². The highest BCUT2D eigenvalue weighted by Crippen LogP contribution is 2.31. The lowest BCUT2D eigenvalue weighted by molar-refractivity contribution is -0.132. The van der Waals surface area contributed by atoms with Gasteiger partial charge in [-0.25, -0.2) is 0 Å². The van der Waals surface area contributed by atoms with Gasteiger partial charge < -0.3 is 14.2 Å². The van der Waals surface area contributed by atoms with E-state index in [-0.39, 0.29) is 6.10 Å². The molecule has 1 unspecified atom stereocenters. The van der Waals surface area contributed by atoms with Crippen LogP contribution in [0.4, 0.5) is 0 Å². The van der Waals surface area contributed by atoms with Crippen molar-refractivity contribution in [2.75, 3.05) is 19.8 Å². The van der Waals surface area contributed by atoms with E-state index in [4.69, 9.17) is 14.2 Å². The van der Waals surface area contributed by atoms with Crippen molar-refractivity contribution in [2.24, 2.45) is 0 Å². The van der Waals surface area contributed by atoms with Gasteiger partial charge in [-0.3, -0.25) is 0 Å². The molecule has 0 aromatic heterocycles. The summed E-state index contributed by atoms with van der Waals surface area (Å²) in [4.78, 5) is 0. The standard InChI is InChI=1S/C14H18O3/c1-12(2)4-3-9-15-13-5-7-14(8-6-13)16-10-11-17-14/h5,7,13H,1,6,8-11H2,2H3. The Bertz CT molecular complexity index is 367. The molecule has 1 heterocycles. The Balaban J connectivity index is 1.78. The molecule has 1 spiro atoms. The molecule has 1 atom stereocenters. The zero-order chi connectivity index (χ0) is 12.1. The Labute approximate surface area is 102 Å². The molecule has 17 heavy (non-hydrogen) atoms. The van der Waals surface area contributed by atoms with Gasteiger partial charge in [0, 0.05) is 6.42 Å². The summed E-state index contributed by atoms with van der Waals surface area (Å²) in [6, 6.07) is 0. The molecule has 2 aliphatic rings. The minimum Gasteiger partial charge on any atom is -0.361 e. The van der Waals surface area contributed by atoms with E-state index in [1.54, 1.807) is 0 Å². The number of allylic oxidation sites excluding steroid dienone is 1. The summed E-state index contributed by atoms with van der Waals surface area (Å²) in [6.45, 7) is 7.39. The van der Waals surface area contributed by atoms with Gasteiger partial charge in [0.15, 0.2) is 5.79 Å². The summed E-state index contributed by atoms with van der Waals surface area (Å²) >= 11 is 0. The number of rotatable bonds is 2. The van der Waals surface area contributed by atoms with Crippen molar-refractivity contribution < 1.29 is 14.2 Å². The van der Waals surface area contributed by atoms with Gasteiger partial charge in [-0.05, 0) is 25.0 Å². The van der Waals surface area contributed by atoms with Gasteiger partial charge >= 0.3 is 0 Å². The summed E-state index contributed by atoms with van der Waals surface area (Å²) in [5.74, 6) is 5.35. The summed E-state index contributed by atoms with van der Waals surface area (Å²) in [6.07, 6.45) is 5.86. The van der Waals surface area contributed by atoms with Gasteiger partial charge in [0.1, 0.15) is 6.61 Å². The topological polar surface area (TPSA) is 27.7 Å². The van der Waals surface area contributed by atoms with E-state index >= 15 is 0 Å². The van der Waals surface area contributed by atoms with E-state index in [1.807, 2.05) is 19.1 Å². The highest BCUT2D eigenvalue weighted by Gasteiger charge is 2.36. The normalized spacial score (nSPS) is 25.6. The summed E-state index contributed by atoms with van der Waals surface area (Å²) in [5.41, 5.74) is 0.861. The molecule has 3 heteroatoms. The smallest absolute Gasteiger partial charge is 0.188 e. The first-order valence-electron chi connectivity index (χ1n) is 5.93. The van der Waals surface area contributed by atoms with Crippen LogP contribution in [-0.4, -0.2) is 31.7 Å². The molecule has 0 saturated carbocycles. The fourth-order valence-electron chi connectivity index (χ4n) is 1.96. The average molecular weight is 234 g/mol. The summed E-state index contributed by atoms with van der Waals surface area (Å²) in [5, 5.41) is 0. The molecule has 1 aliphatic carbocycles. The molecule has 0 N–H and O–H groups in total. The van der Waals surface area contributed by atoms with E-state index in [2.05, 4.69) is 18.4 Å². The van der Waals surface area contributed by atoms with Crippen LogP contribution >= 0.6 is 0 Å². The van der Waals surface area contributed by atoms with Crippen LogP contribution in [0.15, 0.2) is 24.3 Å². The van der Waals surface area contributed by atoms with Crippen LogP contribution in [-0.2, 0) is 14.2 Å². The first-order valence-corrected chi connectivity index (χ1v) is 5.93. The van der Waals surface area contributed by atoms with E-state index in [9.17, 15) is 0 Å². The van der Waals surface area contributed by atoms with Crippen molar-refractivity contribution in [3.8, 4) is 11.8 Å². The molecular weight excluding hydrogens is 216 g/mol. The van der Waals surface area contributed by atoms with Crippen LogP contribution in [0.3, 0.4) is 0 Å². The fraction of sp³-hybridized carbons (Fsp3) is 0.571. The van der Waals surface area contributed by atoms with Gasteiger partial charge in [0.25, 0.3) is 0 Å². The van der Waals surface area contributed by atoms with Gasteiger partial charge in [-0.15, -0.1) is 0 Å². The molecule has 0 aromatic carbocycles. The second-order valence-corrected chi connectivity index (χ2v) is 4.34. The zero-order valence-corrected chi connectivity index (χ0v) is 10.2. The second-order valence-electron chi connectivity index (χ2n) is 4.34. The van der Waals surface area contributed by atoms with Crippen LogP contribution in [0.2, 0.25) is 0 Å². The third-order valence-corrected chi connectivity index (χ3v) is 2.79. The van der Waals surface area contributed by atoms with E-state index in [1.165, 1.54) is 0 Å². The first-order chi connectivity index (χ1) is 8.20. The molecule has 0 amide bonds. The second kappa shape index (κ2) is 5.50. The number of hydrogen-bond donors (Lipinski definition) is 0. The van der Waals surface area contributed by atoms with Crippen molar-refractivity contribution in [1.82, 2.24) is 0 Å². The molecule has 0 aromatic rings. The van der Waals surface area contributed by atoms with Crippen LogP contribution in [0.1, 0.15) is 19.8 Å². The number of ether oxygens (including phenoxy) is 3. The third-order valence-electron chi connectivity index (χ3n) is 2.79. The van der Waals surface area contributed by atoms with Crippen molar-refractivity contribution in [2.45, 2.75) is 31.7 Å². The maximum atomic E-state index is 5.62. The van der Waals surface area contributed by atoms with E-state index < -0.39 is 5.79 Å². The molecule has 0 radical (unpaired) electrons. The molecule has 1 fully saturated rings. The zero-order valence-electron chi connectivity index (χ0n) is 10.2. The first kappa shape index (κ1) is 12.4. The van der Waals surface area contributed by atoms with Gasteiger partial charge in [0.2, 0.25) is 0 Å². The lowest BCUT2D eigenvalue weighted by Crippen LogP contribution is -2.33. The predicted octanol–water partition coefficient (Wildman–Crippen LogP) is 2.04. The van der Waals surface area contributed by atoms with Crippen molar-refractivity contribution in [3.63, 3.8) is 0 Å². The molecule has 1 saturated heterocycles. The van der Waals surface area contributed by atoms with Crippen molar-refractivity contribution in [1.29, 1.82) is 0 Å². The van der Waals surface area contributed by atoms with Crippen LogP contribution in [0.5, 0.6) is 0 Å². The van der Waals surface area contributed by atoms with Crippen molar-refractivity contribution >= 4 is 0 Å². The Kier molecular flexibility index (Phi) is 4.01. The predicted molar refractivity (Wildman–Crippen MR) is 65.3 cm³/mol. The largest absolute Gasteiger partial charge is 0.361 e. The Morgan fingerprint density at radius 1 is 1.53 bits per heavy atom. The quantitative estimate of drug-likeness (QED) is 0.540. The van der Waals surface area contributed by atoms with Crippen molar-refractivity contribution in [3.05, 3.63) is 24.3 Å². The van der Waals surface area contributed by atoms with E-state index in [0.717, 1.165) is 18.4 Å². The molecular formula is C14H18O3. The average Bonchev–Trinajstić information content (AvgIpc) is 2.75. The number of hydrogen-bond acceptors (Lipinski definition) is 3. The third kappa shape index (κ3) is 3.44. The SMILES string of the molecule is C=C(C)C#CCOC1C=CC2(CC1)OCCO2. The Morgan fingerprint density at radius 3 is 2.88 bits per heavy atom. The highest BCUT2D eigenvalue weighted by molar-refractivity contribution is 5.23. The molecule has 2 rings (SSSR count). The van der Waals surface area contributed by atoms with Gasteiger partial charge in [-0.2, -0.15) is 0 Å². The minimum absolute atomic E-state index is 0.118. The minimum atomic E-state index is -0.469. The van der Waals surface area contributed by atoms with Crippen LogP contribution in [0, 0.1) is 11.8 Å². The lowest BCUT2D eigenvalue weighted by Gasteiger charge is -2.29. The molecule has 0 bridgehead atoms. The lowest BCUT2D eigenvalue weighted by atomic mass is 9.99. The Hall–Kier alpha value is -1.08.